The van der Waals surface area contributed by atoms with Gasteiger partial charge in [0.15, 0.2) is 5.78 Å². The van der Waals surface area contributed by atoms with Crippen molar-refractivity contribution in [2.45, 2.75) is 25.4 Å². The Hall–Kier alpha value is -2.99. The van der Waals surface area contributed by atoms with Crippen molar-refractivity contribution >= 4 is 17.7 Å². The third kappa shape index (κ3) is 5.82. The van der Waals surface area contributed by atoms with Crippen molar-refractivity contribution in [1.82, 2.24) is 10.6 Å². The Morgan fingerprint density at radius 1 is 0.962 bits per heavy atom. The van der Waals surface area contributed by atoms with Gasteiger partial charge in [0.1, 0.15) is 6.04 Å². The van der Waals surface area contributed by atoms with Crippen LogP contribution >= 0.6 is 0 Å². The van der Waals surface area contributed by atoms with E-state index in [1.165, 1.54) is 6.92 Å². The summed E-state index contributed by atoms with van der Waals surface area (Å²) < 4.78 is 0. The highest BCUT2D eigenvalue weighted by atomic mass is 16.4. The van der Waals surface area contributed by atoms with Gasteiger partial charge in [-0.05, 0) is 31.0 Å². The molecule has 0 radical (unpaired) electrons. The minimum atomic E-state index is -1.04. The van der Waals surface area contributed by atoms with Crippen LogP contribution in [0, 0.1) is 0 Å². The number of ketones is 1. The van der Waals surface area contributed by atoms with Crippen LogP contribution in [0.3, 0.4) is 0 Å². The lowest BCUT2D eigenvalue weighted by Gasteiger charge is -2.19. The first-order valence-corrected chi connectivity index (χ1v) is 8.36. The van der Waals surface area contributed by atoms with Crippen molar-refractivity contribution in [3.8, 4) is 0 Å². The number of benzene rings is 2. The van der Waals surface area contributed by atoms with Gasteiger partial charge < -0.3 is 10.4 Å². The average Bonchev–Trinajstić information content (AvgIpc) is 2.66. The zero-order valence-corrected chi connectivity index (χ0v) is 14.5. The molecule has 6 heteroatoms. The van der Waals surface area contributed by atoms with Gasteiger partial charge >= 0.3 is 5.97 Å². The summed E-state index contributed by atoms with van der Waals surface area (Å²) >= 11 is 0. The number of carboxylic acids is 1. The lowest BCUT2D eigenvalue weighted by Crippen LogP contribution is -2.48. The van der Waals surface area contributed by atoms with Crippen molar-refractivity contribution in [1.29, 1.82) is 0 Å². The van der Waals surface area contributed by atoms with E-state index in [0.29, 0.717) is 12.0 Å². The molecule has 0 fully saturated rings. The molecule has 2 atom stereocenters. The first-order valence-electron chi connectivity index (χ1n) is 8.36. The molecule has 0 spiro atoms. The van der Waals surface area contributed by atoms with Crippen molar-refractivity contribution < 1.29 is 19.5 Å². The maximum Gasteiger partial charge on any atom is 0.320 e. The Morgan fingerprint density at radius 3 is 2.12 bits per heavy atom. The minimum absolute atomic E-state index is 0.139. The SMILES string of the molecule is C[C@H](NCC(=O)[C@H](Cc1ccccc1)NC(=O)c1ccccc1)C(=O)O. The van der Waals surface area contributed by atoms with Gasteiger partial charge in [-0.3, -0.25) is 19.7 Å². The fourth-order valence-corrected chi connectivity index (χ4v) is 2.39. The standard InChI is InChI=1S/C20H22N2O4/c1-14(20(25)26)21-13-18(23)17(12-15-8-4-2-5-9-15)22-19(24)16-10-6-3-7-11-16/h2-11,14,17,21H,12-13H2,1H3,(H,22,24)(H,25,26)/t14-,17-/m0/s1. The summed E-state index contributed by atoms with van der Waals surface area (Å²) in [5.41, 5.74) is 1.37. The molecule has 2 rings (SSSR count). The first kappa shape index (κ1) is 19.3. The summed E-state index contributed by atoms with van der Waals surface area (Å²) in [5, 5.41) is 14.3. The molecular formula is C20H22N2O4. The van der Waals surface area contributed by atoms with Crippen LogP contribution in [0.5, 0.6) is 0 Å². The fraction of sp³-hybridized carbons (Fsp3) is 0.250. The fourth-order valence-electron chi connectivity index (χ4n) is 2.39. The molecule has 26 heavy (non-hydrogen) atoms. The largest absolute Gasteiger partial charge is 0.480 e. The number of carbonyl (C=O) groups is 3. The average molecular weight is 354 g/mol. The molecular weight excluding hydrogens is 332 g/mol. The molecule has 0 aliphatic carbocycles. The van der Waals surface area contributed by atoms with Crippen molar-refractivity contribution in [3.63, 3.8) is 0 Å². The zero-order chi connectivity index (χ0) is 18.9. The number of rotatable bonds is 9. The number of carboxylic acid groups (broad SMARTS) is 1. The molecule has 0 saturated heterocycles. The van der Waals surface area contributed by atoms with E-state index < -0.39 is 18.1 Å². The third-order valence-corrected chi connectivity index (χ3v) is 3.97. The molecule has 2 aromatic carbocycles. The Morgan fingerprint density at radius 2 is 1.54 bits per heavy atom. The molecule has 0 aliphatic heterocycles. The predicted molar refractivity (Wildman–Crippen MR) is 97.9 cm³/mol. The summed E-state index contributed by atoms with van der Waals surface area (Å²) in [4.78, 5) is 35.9. The third-order valence-electron chi connectivity index (χ3n) is 3.97. The molecule has 3 N–H and O–H groups in total. The molecule has 0 heterocycles. The highest BCUT2D eigenvalue weighted by molar-refractivity contribution is 5.98. The highest BCUT2D eigenvalue weighted by Crippen LogP contribution is 2.06. The van der Waals surface area contributed by atoms with E-state index in [1.807, 2.05) is 30.3 Å². The van der Waals surface area contributed by atoms with E-state index in [4.69, 9.17) is 5.11 Å². The second-order valence-corrected chi connectivity index (χ2v) is 5.99. The van der Waals surface area contributed by atoms with Gasteiger partial charge in [-0.15, -0.1) is 0 Å². The van der Waals surface area contributed by atoms with Crippen LogP contribution in [0.2, 0.25) is 0 Å². The van der Waals surface area contributed by atoms with Gasteiger partial charge in [-0.2, -0.15) is 0 Å². The minimum Gasteiger partial charge on any atom is -0.480 e. The van der Waals surface area contributed by atoms with Crippen molar-refractivity contribution in [2.75, 3.05) is 6.54 Å². The van der Waals surface area contributed by atoms with Crippen LogP contribution in [0.15, 0.2) is 60.7 Å². The summed E-state index contributed by atoms with van der Waals surface area (Å²) in [5.74, 6) is -1.65. The van der Waals surface area contributed by atoms with E-state index in [2.05, 4.69) is 10.6 Å². The summed E-state index contributed by atoms with van der Waals surface area (Å²) in [6.45, 7) is 1.32. The van der Waals surface area contributed by atoms with Gasteiger partial charge in [-0.25, -0.2) is 0 Å². The van der Waals surface area contributed by atoms with Crippen LogP contribution in [0.25, 0.3) is 0 Å². The molecule has 0 aliphatic rings. The number of Topliss-reactive ketones (excluding diaryl/α,β-unsaturated/α-hetero) is 1. The van der Waals surface area contributed by atoms with Crippen LogP contribution in [-0.4, -0.2) is 41.4 Å². The maximum absolute atomic E-state index is 12.6. The van der Waals surface area contributed by atoms with Gasteiger partial charge in [0, 0.05) is 5.56 Å². The van der Waals surface area contributed by atoms with Crippen LogP contribution in [0.1, 0.15) is 22.8 Å². The number of hydrogen-bond acceptors (Lipinski definition) is 4. The van der Waals surface area contributed by atoms with Gasteiger partial charge in [-0.1, -0.05) is 48.5 Å². The van der Waals surface area contributed by atoms with Crippen LogP contribution < -0.4 is 10.6 Å². The van der Waals surface area contributed by atoms with Crippen LogP contribution in [0.4, 0.5) is 0 Å². The van der Waals surface area contributed by atoms with E-state index in [1.54, 1.807) is 30.3 Å². The monoisotopic (exact) mass is 354 g/mol. The number of nitrogens with one attached hydrogen (secondary N) is 2. The topological polar surface area (TPSA) is 95.5 Å². The van der Waals surface area contributed by atoms with Crippen molar-refractivity contribution in [2.24, 2.45) is 0 Å². The second-order valence-electron chi connectivity index (χ2n) is 5.99. The maximum atomic E-state index is 12.6. The molecule has 0 saturated carbocycles. The first-order chi connectivity index (χ1) is 12.5. The number of aliphatic carboxylic acids is 1. The predicted octanol–water partition coefficient (Wildman–Crippen LogP) is 1.66. The Bertz CT molecular complexity index is 747. The quantitative estimate of drug-likeness (QED) is 0.636. The normalized spacial score (nSPS) is 12.8. The molecule has 0 bridgehead atoms. The van der Waals surface area contributed by atoms with Crippen molar-refractivity contribution in [3.05, 3.63) is 71.8 Å². The lowest BCUT2D eigenvalue weighted by molar-refractivity contribution is -0.139. The number of hydrogen-bond donors (Lipinski definition) is 3. The second kappa shape index (κ2) is 9.48. The smallest absolute Gasteiger partial charge is 0.320 e. The van der Waals surface area contributed by atoms with E-state index in [0.717, 1.165) is 5.56 Å². The Balaban J connectivity index is 2.09. The molecule has 2 aromatic rings. The van der Waals surface area contributed by atoms with Gasteiger partial charge in [0.05, 0.1) is 12.6 Å². The Kier molecular flexibility index (Phi) is 7.05. The highest BCUT2D eigenvalue weighted by Gasteiger charge is 2.23. The van der Waals surface area contributed by atoms with Gasteiger partial charge in [0.25, 0.3) is 5.91 Å². The van der Waals surface area contributed by atoms with E-state index >= 15 is 0 Å². The Labute approximate surface area is 152 Å². The number of amides is 1. The lowest BCUT2D eigenvalue weighted by atomic mass is 10.0. The summed E-state index contributed by atoms with van der Waals surface area (Å²) in [6.07, 6.45) is 0.335. The number of carbonyl (C=O) groups excluding carboxylic acids is 2. The summed E-state index contributed by atoms with van der Waals surface area (Å²) in [7, 11) is 0. The van der Waals surface area contributed by atoms with Gasteiger partial charge in [0.2, 0.25) is 0 Å². The van der Waals surface area contributed by atoms with E-state index in [-0.39, 0.29) is 18.2 Å². The zero-order valence-electron chi connectivity index (χ0n) is 14.5. The van der Waals surface area contributed by atoms with Crippen LogP contribution in [-0.2, 0) is 16.0 Å². The molecule has 136 valence electrons. The molecule has 6 nitrogen and oxygen atoms in total. The molecule has 1 amide bonds. The summed E-state index contributed by atoms with van der Waals surface area (Å²) in [6, 6.07) is 16.4. The molecule has 0 aromatic heterocycles. The van der Waals surface area contributed by atoms with E-state index in [9.17, 15) is 14.4 Å². The molecule has 0 unspecified atom stereocenters.